The van der Waals surface area contributed by atoms with Gasteiger partial charge in [0.25, 0.3) is 0 Å². The molecular formula is C20H22ClN5O. The Hall–Kier alpha value is -2.70. The van der Waals surface area contributed by atoms with Crippen molar-refractivity contribution < 1.29 is 4.79 Å². The van der Waals surface area contributed by atoms with Gasteiger partial charge in [-0.1, -0.05) is 42.5 Å². The fraction of sp³-hybridized carbons (Fsp3) is 0.250. The number of aromatic amines is 1. The number of H-pyrrole nitrogens is 1. The Labute approximate surface area is 164 Å². The number of nitrogens with zero attached hydrogens (tertiary/aromatic N) is 2. The van der Waals surface area contributed by atoms with Crippen LogP contribution in [-0.4, -0.2) is 34.2 Å². The lowest BCUT2D eigenvalue weighted by Crippen LogP contribution is -2.29. The fourth-order valence-electron chi connectivity index (χ4n) is 2.80. The summed E-state index contributed by atoms with van der Waals surface area (Å²) in [4.78, 5) is 16.8. The number of anilines is 1. The monoisotopic (exact) mass is 383 g/mol. The summed E-state index contributed by atoms with van der Waals surface area (Å²) >= 11 is 0. The Morgan fingerprint density at radius 3 is 2.59 bits per heavy atom. The van der Waals surface area contributed by atoms with E-state index in [9.17, 15) is 4.79 Å². The lowest BCUT2D eigenvalue weighted by atomic mass is 10.1. The normalized spacial score (nSPS) is 13.0. The molecule has 0 bridgehead atoms. The Morgan fingerprint density at radius 1 is 1.07 bits per heavy atom. The van der Waals surface area contributed by atoms with Crippen LogP contribution in [-0.2, 0) is 4.79 Å². The van der Waals surface area contributed by atoms with Gasteiger partial charge >= 0.3 is 0 Å². The largest absolute Gasteiger partial charge is 0.324 e. The van der Waals surface area contributed by atoms with Gasteiger partial charge in [0, 0.05) is 11.1 Å². The molecule has 1 fully saturated rings. The highest BCUT2D eigenvalue weighted by Crippen LogP contribution is 2.28. The minimum Gasteiger partial charge on any atom is -0.324 e. The van der Waals surface area contributed by atoms with Crippen molar-refractivity contribution in [2.45, 2.75) is 12.8 Å². The summed E-state index contributed by atoms with van der Waals surface area (Å²) in [6, 6.07) is 17.4. The SMILES string of the molecule is Cl.O=C(CNCC1CC1)Nc1ccccc1-c1nc(-c2ccccc2)n[nH]1. The van der Waals surface area contributed by atoms with E-state index in [0.29, 0.717) is 18.2 Å². The summed E-state index contributed by atoms with van der Waals surface area (Å²) in [5, 5.41) is 13.4. The Bertz CT molecular complexity index is 892. The molecular weight excluding hydrogens is 362 g/mol. The third kappa shape index (κ3) is 4.93. The summed E-state index contributed by atoms with van der Waals surface area (Å²) in [5.74, 6) is 1.96. The van der Waals surface area contributed by atoms with Gasteiger partial charge in [0.05, 0.1) is 12.2 Å². The van der Waals surface area contributed by atoms with Gasteiger partial charge in [-0.2, -0.15) is 5.10 Å². The van der Waals surface area contributed by atoms with Crippen LogP contribution in [0.4, 0.5) is 5.69 Å². The van der Waals surface area contributed by atoms with Gasteiger partial charge in [-0.15, -0.1) is 12.4 Å². The zero-order valence-corrected chi connectivity index (χ0v) is 15.6. The summed E-state index contributed by atoms with van der Waals surface area (Å²) in [6.07, 6.45) is 2.54. The molecule has 1 aliphatic rings. The minimum atomic E-state index is -0.0547. The van der Waals surface area contributed by atoms with Crippen molar-refractivity contribution in [3.63, 3.8) is 0 Å². The molecule has 1 amide bonds. The predicted molar refractivity (Wildman–Crippen MR) is 109 cm³/mol. The van der Waals surface area contributed by atoms with Crippen molar-refractivity contribution in [3.8, 4) is 22.8 Å². The van der Waals surface area contributed by atoms with E-state index in [2.05, 4.69) is 25.8 Å². The highest BCUT2D eigenvalue weighted by Gasteiger charge is 2.20. The molecule has 1 heterocycles. The molecule has 1 aliphatic carbocycles. The van der Waals surface area contributed by atoms with E-state index < -0.39 is 0 Å². The van der Waals surface area contributed by atoms with Crippen molar-refractivity contribution in [1.29, 1.82) is 0 Å². The number of nitrogens with one attached hydrogen (secondary N) is 3. The zero-order chi connectivity index (χ0) is 17.8. The summed E-state index contributed by atoms with van der Waals surface area (Å²) in [6.45, 7) is 1.23. The maximum Gasteiger partial charge on any atom is 0.238 e. The molecule has 0 atom stereocenters. The molecule has 3 N–H and O–H groups in total. The van der Waals surface area contributed by atoms with Gasteiger partial charge in [0.15, 0.2) is 11.6 Å². The number of aromatic nitrogens is 3. The maximum atomic E-state index is 12.2. The highest BCUT2D eigenvalue weighted by molar-refractivity contribution is 5.96. The van der Waals surface area contributed by atoms with E-state index in [1.54, 1.807) is 0 Å². The average molecular weight is 384 g/mol. The molecule has 0 unspecified atom stereocenters. The Morgan fingerprint density at radius 2 is 1.81 bits per heavy atom. The van der Waals surface area contributed by atoms with E-state index in [1.807, 2.05) is 54.6 Å². The molecule has 0 aliphatic heterocycles. The molecule has 0 radical (unpaired) electrons. The molecule has 1 aromatic heterocycles. The molecule has 7 heteroatoms. The summed E-state index contributed by atoms with van der Waals surface area (Å²) in [7, 11) is 0. The molecule has 1 saturated carbocycles. The number of carbonyl (C=O) groups is 1. The predicted octanol–water partition coefficient (Wildman–Crippen LogP) is 3.50. The lowest BCUT2D eigenvalue weighted by Gasteiger charge is -2.09. The van der Waals surface area contributed by atoms with E-state index in [0.717, 1.165) is 29.3 Å². The van der Waals surface area contributed by atoms with Crippen LogP contribution >= 0.6 is 12.4 Å². The first-order valence-corrected chi connectivity index (χ1v) is 8.87. The van der Waals surface area contributed by atoms with Crippen molar-refractivity contribution in [2.75, 3.05) is 18.4 Å². The molecule has 3 aromatic rings. The standard InChI is InChI=1S/C20H21N5O.ClH/c26-18(13-21-12-14-10-11-14)22-17-9-5-4-8-16(17)20-23-19(24-25-20)15-6-2-1-3-7-15;/h1-9,14,21H,10-13H2,(H,22,26)(H,23,24,25);1H. The molecule has 4 rings (SSSR count). The smallest absolute Gasteiger partial charge is 0.238 e. The van der Waals surface area contributed by atoms with Crippen LogP contribution in [0.3, 0.4) is 0 Å². The third-order valence-electron chi connectivity index (χ3n) is 4.39. The number of rotatable bonds is 7. The number of hydrogen-bond donors (Lipinski definition) is 3. The summed E-state index contributed by atoms with van der Waals surface area (Å²) in [5.41, 5.74) is 2.49. The molecule has 6 nitrogen and oxygen atoms in total. The maximum absolute atomic E-state index is 12.2. The second-order valence-electron chi connectivity index (χ2n) is 6.54. The highest BCUT2D eigenvalue weighted by atomic mass is 35.5. The van der Waals surface area contributed by atoms with Gasteiger partial charge in [0.2, 0.25) is 5.91 Å². The number of amides is 1. The van der Waals surface area contributed by atoms with Crippen molar-refractivity contribution in [2.24, 2.45) is 5.92 Å². The molecule has 0 saturated heterocycles. The fourth-order valence-corrected chi connectivity index (χ4v) is 2.80. The molecule has 0 spiro atoms. The van der Waals surface area contributed by atoms with Gasteiger partial charge in [-0.3, -0.25) is 9.89 Å². The van der Waals surface area contributed by atoms with Gasteiger partial charge in [-0.25, -0.2) is 4.98 Å². The van der Waals surface area contributed by atoms with Gasteiger partial charge < -0.3 is 10.6 Å². The van der Waals surface area contributed by atoms with Crippen molar-refractivity contribution in [1.82, 2.24) is 20.5 Å². The molecule has 140 valence electrons. The number of carbonyl (C=O) groups excluding carboxylic acids is 1. The van der Waals surface area contributed by atoms with Crippen LogP contribution in [0.5, 0.6) is 0 Å². The van der Waals surface area contributed by atoms with E-state index in [-0.39, 0.29) is 18.3 Å². The first kappa shape index (κ1) is 19.1. The van der Waals surface area contributed by atoms with Crippen LogP contribution in [0.15, 0.2) is 54.6 Å². The van der Waals surface area contributed by atoms with Crippen LogP contribution in [0.1, 0.15) is 12.8 Å². The van der Waals surface area contributed by atoms with E-state index >= 15 is 0 Å². The Kier molecular flexibility index (Phi) is 6.21. The number of para-hydroxylation sites is 1. The average Bonchev–Trinajstić information content (AvgIpc) is 3.36. The van der Waals surface area contributed by atoms with Gasteiger partial charge in [-0.05, 0) is 37.4 Å². The van der Waals surface area contributed by atoms with E-state index in [1.165, 1.54) is 12.8 Å². The molecule has 27 heavy (non-hydrogen) atoms. The number of hydrogen-bond acceptors (Lipinski definition) is 4. The Balaban J connectivity index is 0.00000210. The van der Waals surface area contributed by atoms with Crippen LogP contribution in [0.25, 0.3) is 22.8 Å². The van der Waals surface area contributed by atoms with Crippen LogP contribution in [0.2, 0.25) is 0 Å². The minimum absolute atomic E-state index is 0. The van der Waals surface area contributed by atoms with Crippen LogP contribution < -0.4 is 10.6 Å². The van der Waals surface area contributed by atoms with Gasteiger partial charge in [0.1, 0.15) is 0 Å². The first-order valence-electron chi connectivity index (χ1n) is 8.87. The van der Waals surface area contributed by atoms with E-state index in [4.69, 9.17) is 0 Å². The number of halogens is 1. The molecule has 2 aromatic carbocycles. The topological polar surface area (TPSA) is 82.7 Å². The van der Waals surface area contributed by atoms with Crippen molar-refractivity contribution in [3.05, 3.63) is 54.6 Å². The zero-order valence-electron chi connectivity index (χ0n) is 14.8. The third-order valence-corrected chi connectivity index (χ3v) is 4.39. The lowest BCUT2D eigenvalue weighted by molar-refractivity contribution is -0.115. The van der Waals surface area contributed by atoms with Crippen LogP contribution in [0, 0.1) is 5.92 Å². The quantitative estimate of drug-likeness (QED) is 0.583. The van der Waals surface area contributed by atoms with Crippen molar-refractivity contribution >= 4 is 24.0 Å². The second kappa shape index (κ2) is 8.79. The first-order chi connectivity index (χ1) is 12.8. The second-order valence-corrected chi connectivity index (χ2v) is 6.54. The summed E-state index contributed by atoms with van der Waals surface area (Å²) < 4.78 is 0. The number of benzene rings is 2.